The molecule has 4 nitrogen and oxygen atoms in total. The third-order valence-electron chi connectivity index (χ3n) is 3.01. The van der Waals surface area contributed by atoms with Gasteiger partial charge in [-0.05, 0) is 42.8 Å². The van der Waals surface area contributed by atoms with Gasteiger partial charge < -0.3 is 15.8 Å². The monoisotopic (exact) mass is 290 g/mol. The first kappa shape index (κ1) is 14.2. The molecule has 5 heteroatoms. The molecule has 20 heavy (non-hydrogen) atoms. The van der Waals surface area contributed by atoms with E-state index in [9.17, 15) is 4.79 Å². The Bertz CT molecular complexity index is 656. The standard InChI is InChI=1S/C15H15ClN2O2/c1-9-12(16)4-3-5-14(9)18-10-6-7-13(17)11(8-10)15(19)20-2/h3-8,18H,17H2,1-2H3. The Morgan fingerprint density at radius 1 is 1.30 bits per heavy atom. The topological polar surface area (TPSA) is 64.3 Å². The Balaban J connectivity index is 2.35. The fraction of sp³-hybridized carbons (Fsp3) is 0.133. The van der Waals surface area contributed by atoms with Gasteiger partial charge in [0.2, 0.25) is 0 Å². The minimum atomic E-state index is -0.464. The molecule has 0 aliphatic rings. The highest BCUT2D eigenvalue weighted by Crippen LogP contribution is 2.27. The van der Waals surface area contributed by atoms with E-state index in [2.05, 4.69) is 5.32 Å². The SMILES string of the molecule is COC(=O)c1cc(Nc2cccc(Cl)c2C)ccc1N. The van der Waals surface area contributed by atoms with Crippen molar-refractivity contribution in [1.29, 1.82) is 0 Å². The minimum absolute atomic E-state index is 0.331. The third kappa shape index (κ3) is 2.86. The second-order valence-electron chi connectivity index (χ2n) is 4.33. The number of benzene rings is 2. The van der Waals surface area contributed by atoms with E-state index in [4.69, 9.17) is 22.1 Å². The lowest BCUT2D eigenvalue weighted by Crippen LogP contribution is -2.06. The van der Waals surface area contributed by atoms with Crippen LogP contribution in [0.5, 0.6) is 0 Å². The Kier molecular flexibility index (Phi) is 4.15. The predicted molar refractivity (Wildman–Crippen MR) is 81.7 cm³/mol. The summed E-state index contributed by atoms with van der Waals surface area (Å²) in [6.45, 7) is 1.92. The van der Waals surface area contributed by atoms with Crippen molar-refractivity contribution in [3.63, 3.8) is 0 Å². The average Bonchev–Trinajstić information content (AvgIpc) is 2.45. The van der Waals surface area contributed by atoms with Crippen LogP contribution in [0.1, 0.15) is 15.9 Å². The van der Waals surface area contributed by atoms with Crippen LogP contribution in [0.25, 0.3) is 0 Å². The van der Waals surface area contributed by atoms with E-state index in [-0.39, 0.29) is 0 Å². The number of nitrogens with two attached hydrogens (primary N) is 1. The van der Waals surface area contributed by atoms with Crippen molar-refractivity contribution in [3.05, 3.63) is 52.5 Å². The highest BCUT2D eigenvalue weighted by Gasteiger charge is 2.11. The molecule has 2 aromatic carbocycles. The summed E-state index contributed by atoms with van der Waals surface area (Å²) in [7, 11) is 1.32. The molecule has 0 aliphatic heterocycles. The van der Waals surface area contributed by atoms with Gasteiger partial charge in [0.05, 0.1) is 12.7 Å². The molecule has 104 valence electrons. The van der Waals surface area contributed by atoms with E-state index in [1.807, 2.05) is 25.1 Å². The van der Waals surface area contributed by atoms with Crippen molar-refractivity contribution in [2.24, 2.45) is 0 Å². The Morgan fingerprint density at radius 2 is 2.05 bits per heavy atom. The molecule has 0 aliphatic carbocycles. The second kappa shape index (κ2) is 5.84. The molecule has 0 bridgehead atoms. The quantitative estimate of drug-likeness (QED) is 0.667. The molecule has 0 saturated carbocycles. The molecule has 0 atom stereocenters. The lowest BCUT2D eigenvalue weighted by Gasteiger charge is -2.12. The first-order chi connectivity index (χ1) is 9.52. The van der Waals surface area contributed by atoms with Gasteiger partial charge in [0.15, 0.2) is 0 Å². The van der Waals surface area contributed by atoms with Crippen molar-refractivity contribution >= 4 is 34.6 Å². The van der Waals surface area contributed by atoms with Crippen molar-refractivity contribution in [2.45, 2.75) is 6.92 Å². The van der Waals surface area contributed by atoms with Crippen LogP contribution < -0.4 is 11.1 Å². The number of nitrogen functional groups attached to an aromatic ring is 1. The number of hydrogen-bond donors (Lipinski definition) is 2. The molecular formula is C15H15ClN2O2. The highest BCUT2D eigenvalue weighted by molar-refractivity contribution is 6.31. The largest absolute Gasteiger partial charge is 0.465 e. The molecule has 0 amide bonds. The normalized spacial score (nSPS) is 10.2. The van der Waals surface area contributed by atoms with E-state index in [0.717, 1.165) is 16.9 Å². The van der Waals surface area contributed by atoms with Gasteiger partial charge in [-0.1, -0.05) is 17.7 Å². The van der Waals surface area contributed by atoms with Crippen LogP contribution >= 0.6 is 11.6 Å². The minimum Gasteiger partial charge on any atom is -0.465 e. The number of esters is 1. The van der Waals surface area contributed by atoms with Crippen LogP contribution in [0.2, 0.25) is 5.02 Å². The number of carbonyl (C=O) groups is 1. The first-order valence-electron chi connectivity index (χ1n) is 6.03. The van der Waals surface area contributed by atoms with Crippen LogP contribution in [0.3, 0.4) is 0 Å². The number of hydrogen-bond acceptors (Lipinski definition) is 4. The predicted octanol–water partition coefficient (Wildman–Crippen LogP) is 3.76. The van der Waals surface area contributed by atoms with Gasteiger partial charge in [-0.15, -0.1) is 0 Å². The number of methoxy groups -OCH3 is 1. The highest BCUT2D eigenvalue weighted by atomic mass is 35.5. The van der Waals surface area contributed by atoms with Crippen molar-refractivity contribution in [3.8, 4) is 0 Å². The number of halogens is 1. The van der Waals surface area contributed by atoms with E-state index in [0.29, 0.717) is 16.3 Å². The number of anilines is 3. The molecule has 2 rings (SSSR count). The van der Waals surface area contributed by atoms with Crippen LogP contribution in [-0.2, 0) is 4.74 Å². The molecule has 0 aromatic heterocycles. The Hall–Kier alpha value is -2.20. The first-order valence-corrected chi connectivity index (χ1v) is 6.40. The van der Waals surface area contributed by atoms with Gasteiger partial charge in [-0.25, -0.2) is 4.79 Å². The van der Waals surface area contributed by atoms with Crippen LogP contribution in [-0.4, -0.2) is 13.1 Å². The molecule has 0 saturated heterocycles. The maximum absolute atomic E-state index is 11.6. The number of nitrogens with one attached hydrogen (secondary N) is 1. The summed E-state index contributed by atoms with van der Waals surface area (Å²) in [5, 5.41) is 3.89. The lowest BCUT2D eigenvalue weighted by atomic mass is 10.1. The van der Waals surface area contributed by atoms with Crippen LogP contribution in [0, 0.1) is 6.92 Å². The van der Waals surface area contributed by atoms with Crippen LogP contribution in [0.4, 0.5) is 17.1 Å². The molecule has 2 aromatic rings. The molecule has 0 unspecified atom stereocenters. The van der Waals surface area contributed by atoms with Gasteiger partial charge in [0, 0.05) is 22.1 Å². The summed E-state index contributed by atoms with van der Waals surface area (Å²) in [5.74, 6) is -0.464. The average molecular weight is 291 g/mol. The van der Waals surface area contributed by atoms with E-state index < -0.39 is 5.97 Å². The third-order valence-corrected chi connectivity index (χ3v) is 3.41. The van der Waals surface area contributed by atoms with Crippen molar-refractivity contribution < 1.29 is 9.53 Å². The summed E-state index contributed by atoms with van der Waals surface area (Å²) in [4.78, 5) is 11.6. The molecule has 0 heterocycles. The summed E-state index contributed by atoms with van der Waals surface area (Å²) in [5.41, 5.74) is 9.02. The smallest absolute Gasteiger partial charge is 0.340 e. The zero-order valence-corrected chi connectivity index (χ0v) is 12.0. The van der Waals surface area contributed by atoms with E-state index in [1.165, 1.54) is 7.11 Å². The number of ether oxygens (including phenoxy) is 1. The maximum atomic E-state index is 11.6. The maximum Gasteiger partial charge on any atom is 0.340 e. The van der Waals surface area contributed by atoms with Crippen molar-refractivity contribution in [1.82, 2.24) is 0 Å². The van der Waals surface area contributed by atoms with Crippen molar-refractivity contribution in [2.75, 3.05) is 18.2 Å². The Morgan fingerprint density at radius 3 is 2.75 bits per heavy atom. The summed E-state index contributed by atoms with van der Waals surface area (Å²) in [6.07, 6.45) is 0. The second-order valence-corrected chi connectivity index (χ2v) is 4.74. The zero-order valence-electron chi connectivity index (χ0n) is 11.2. The lowest BCUT2D eigenvalue weighted by molar-refractivity contribution is 0.0602. The molecule has 0 fully saturated rings. The number of carbonyl (C=O) groups excluding carboxylic acids is 1. The van der Waals surface area contributed by atoms with Gasteiger partial charge >= 0.3 is 5.97 Å². The fourth-order valence-electron chi connectivity index (χ4n) is 1.82. The molecular weight excluding hydrogens is 276 g/mol. The van der Waals surface area contributed by atoms with Gasteiger partial charge in [-0.2, -0.15) is 0 Å². The van der Waals surface area contributed by atoms with E-state index >= 15 is 0 Å². The Labute approximate surface area is 122 Å². The summed E-state index contributed by atoms with van der Waals surface area (Å²) in [6, 6.07) is 10.7. The molecule has 3 N–H and O–H groups in total. The molecule has 0 spiro atoms. The fourth-order valence-corrected chi connectivity index (χ4v) is 1.99. The summed E-state index contributed by atoms with van der Waals surface area (Å²) < 4.78 is 4.70. The van der Waals surface area contributed by atoms with Gasteiger partial charge in [0.1, 0.15) is 0 Å². The summed E-state index contributed by atoms with van der Waals surface area (Å²) >= 11 is 6.08. The van der Waals surface area contributed by atoms with Crippen LogP contribution in [0.15, 0.2) is 36.4 Å². The van der Waals surface area contributed by atoms with E-state index in [1.54, 1.807) is 18.2 Å². The van der Waals surface area contributed by atoms with Gasteiger partial charge in [-0.3, -0.25) is 0 Å². The van der Waals surface area contributed by atoms with Gasteiger partial charge in [0.25, 0.3) is 0 Å². The number of rotatable bonds is 3. The molecule has 0 radical (unpaired) electrons. The zero-order chi connectivity index (χ0) is 14.7.